The van der Waals surface area contributed by atoms with Crippen LogP contribution >= 0.6 is 0 Å². The van der Waals surface area contributed by atoms with Gasteiger partial charge in [0.25, 0.3) is 0 Å². The maximum Gasteiger partial charge on any atom is 0.0417 e. The topological polar surface area (TPSA) is 80.3 Å². The molecule has 0 radical (unpaired) electrons. The standard InChI is InChI=1S/C12H22O4/c1-2-3-4-5-6-10(9-12(15)16)7-8-11(13)14/h10H,2-9H2,1H3,(H,13,14)(H,15,16)/p-2. The maximum atomic E-state index is 10.5. The summed E-state index contributed by atoms with van der Waals surface area (Å²) in [6, 6.07) is 0. The minimum Gasteiger partial charge on any atom is -0.550 e. The Morgan fingerprint density at radius 2 is 1.69 bits per heavy atom. The Balaban J connectivity index is 3.80. The monoisotopic (exact) mass is 228 g/mol. The van der Waals surface area contributed by atoms with E-state index < -0.39 is 11.9 Å². The van der Waals surface area contributed by atoms with Crippen molar-refractivity contribution in [3.63, 3.8) is 0 Å². The molecule has 0 spiro atoms. The van der Waals surface area contributed by atoms with Gasteiger partial charge < -0.3 is 19.8 Å². The predicted octanol–water partition coefficient (Wildman–Crippen LogP) is 0.243. The van der Waals surface area contributed by atoms with Crippen LogP contribution in [0.25, 0.3) is 0 Å². The molecule has 0 amide bonds. The van der Waals surface area contributed by atoms with Crippen molar-refractivity contribution in [1.29, 1.82) is 0 Å². The van der Waals surface area contributed by atoms with Gasteiger partial charge >= 0.3 is 0 Å². The summed E-state index contributed by atoms with van der Waals surface area (Å²) in [5.74, 6) is -2.30. The molecule has 0 aromatic heterocycles. The number of carbonyl (C=O) groups excluding carboxylic acids is 2. The van der Waals surface area contributed by atoms with E-state index in [0.29, 0.717) is 6.42 Å². The molecule has 0 saturated carbocycles. The molecule has 1 unspecified atom stereocenters. The molecule has 16 heavy (non-hydrogen) atoms. The van der Waals surface area contributed by atoms with Crippen LogP contribution < -0.4 is 10.2 Å². The maximum absolute atomic E-state index is 10.5. The summed E-state index contributed by atoms with van der Waals surface area (Å²) < 4.78 is 0. The Morgan fingerprint density at radius 1 is 1.00 bits per heavy atom. The van der Waals surface area contributed by atoms with Gasteiger partial charge in [-0.2, -0.15) is 0 Å². The van der Waals surface area contributed by atoms with E-state index in [1.54, 1.807) is 0 Å². The Bertz CT molecular complexity index is 213. The number of carboxylic acids is 2. The van der Waals surface area contributed by atoms with Crippen LogP contribution in [0.4, 0.5) is 0 Å². The van der Waals surface area contributed by atoms with Crippen LogP contribution in [-0.2, 0) is 9.59 Å². The second kappa shape index (κ2) is 9.19. The summed E-state index contributed by atoms with van der Waals surface area (Å²) in [6.07, 6.45) is 5.34. The zero-order valence-electron chi connectivity index (χ0n) is 9.87. The average Bonchev–Trinajstić information content (AvgIpc) is 2.19. The van der Waals surface area contributed by atoms with Gasteiger partial charge in [-0.05, 0) is 25.2 Å². The van der Waals surface area contributed by atoms with Gasteiger partial charge in [-0.1, -0.05) is 39.0 Å². The van der Waals surface area contributed by atoms with Crippen molar-refractivity contribution < 1.29 is 19.8 Å². The van der Waals surface area contributed by atoms with Crippen LogP contribution in [0.15, 0.2) is 0 Å². The lowest BCUT2D eigenvalue weighted by molar-refractivity contribution is -0.309. The van der Waals surface area contributed by atoms with E-state index >= 15 is 0 Å². The lowest BCUT2D eigenvalue weighted by atomic mass is 9.93. The van der Waals surface area contributed by atoms with E-state index in [-0.39, 0.29) is 18.8 Å². The van der Waals surface area contributed by atoms with Gasteiger partial charge in [-0.3, -0.25) is 0 Å². The Morgan fingerprint density at radius 3 is 2.19 bits per heavy atom. The minimum atomic E-state index is -1.11. The van der Waals surface area contributed by atoms with Crippen LogP contribution in [-0.4, -0.2) is 11.9 Å². The molecule has 4 heteroatoms. The zero-order chi connectivity index (χ0) is 12.4. The average molecular weight is 228 g/mol. The molecule has 0 rings (SSSR count). The highest BCUT2D eigenvalue weighted by molar-refractivity contribution is 5.65. The van der Waals surface area contributed by atoms with E-state index in [1.165, 1.54) is 0 Å². The lowest BCUT2D eigenvalue weighted by Crippen LogP contribution is -2.27. The highest BCUT2D eigenvalue weighted by atomic mass is 16.4. The summed E-state index contributed by atoms with van der Waals surface area (Å²) in [7, 11) is 0. The first-order chi connectivity index (χ1) is 7.56. The number of hydrogen-bond donors (Lipinski definition) is 0. The highest BCUT2D eigenvalue weighted by Gasteiger charge is 2.09. The number of rotatable bonds is 10. The van der Waals surface area contributed by atoms with Crippen LogP contribution in [0.2, 0.25) is 0 Å². The fraction of sp³-hybridized carbons (Fsp3) is 0.833. The van der Waals surface area contributed by atoms with Crippen LogP contribution in [0, 0.1) is 5.92 Å². The van der Waals surface area contributed by atoms with Crippen molar-refractivity contribution >= 4 is 11.9 Å². The first kappa shape index (κ1) is 14.9. The molecule has 0 N–H and O–H groups in total. The van der Waals surface area contributed by atoms with E-state index in [9.17, 15) is 19.8 Å². The second-order valence-electron chi connectivity index (χ2n) is 4.20. The third-order valence-corrected chi connectivity index (χ3v) is 2.68. The van der Waals surface area contributed by atoms with Crippen LogP contribution in [0.5, 0.6) is 0 Å². The van der Waals surface area contributed by atoms with Crippen molar-refractivity contribution in [3.8, 4) is 0 Å². The highest BCUT2D eigenvalue weighted by Crippen LogP contribution is 2.19. The fourth-order valence-corrected chi connectivity index (χ4v) is 1.77. The molecule has 0 aliphatic heterocycles. The van der Waals surface area contributed by atoms with Crippen molar-refractivity contribution in [2.45, 2.75) is 58.3 Å². The molecule has 0 aromatic carbocycles. The SMILES string of the molecule is CCCCCCC(CCC(=O)[O-])CC(=O)[O-]. The fourth-order valence-electron chi connectivity index (χ4n) is 1.77. The predicted molar refractivity (Wildman–Crippen MR) is 56.1 cm³/mol. The molecule has 0 heterocycles. The normalized spacial score (nSPS) is 12.3. The van der Waals surface area contributed by atoms with Gasteiger partial charge in [0.05, 0.1) is 0 Å². The smallest absolute Gasteiger partial charge is 0.0417 e. The molecular weight excluding hydrogens is 208 g/mol. The van der Waals surface area contributed by atoms with E-state index in [1.807, 2.05) is 0 Å². The quantitative estimate of drug-likeness (QED) is 0.502. The largest absolute Gasteiger partial charge is 0.550 e. The number of unbranched alkanes of at least 4 members (excludes halogenated alkanes) is 3. The lowest BCUT2D eigenvalue weighted by Gasteiger charge is -2.17. The summed E-state index contributed by atoms with van der Waals surface area (Å²) >= 11 is 0. The molecule has 0 bridgehead atoms. The third kappa shape index (κ3) is 9.49. The van der Waals surface area contributed by atoms with Crippen molar-refractivity contribution in [2.24, 2.45) is 5.92 Å². The van der Waals surface area contributed by atoms with Crippen molar-refractivity contribution in [1.82, 2.24) is 0 Å². The van der Waals surface area contributed by atoms with E-state index in [0.717, 1.165) is 32.1 Å². The first-order valence-electron chi connectivity index (χ1n) is 5.96. The van der Waals surface area contributed by atoms with Gasteiger partial charge in [0, 0.05) is 11.9 Å². The Hall–Kier alpha value is -1.06. The molecule has 0 aliphatic rings. The van der Waals surface area contributed by atoms with E-state index in [2.05, 4.69) is 6.92 Å². The molecular formula is C12H20O4-2. The van der Waals surface area contributed by atoms with Gasteiger partial charge in [0.15, 0.2) is 0 Å². The third-order valence-electron chi connectivity index (χ3n) is 2.68. The summed E-state index contributed by atoms with van der Waals surface area (Å²) in [6.45, 7) is 2.11. The van der Waals surface area contributed by atoms with Crippen LogP contribution in [0.3, 0.4) is 0 Å². The molecule has 0 fully saturated rings. The molecule has 0 aliphatic carbocycles. The second-order valence-corrected chi connectivity index (χ2v) is 4.20. The summed E-state index contributed by atoms with van der Waals surface area (Å²) in [4.78, 5) is 20.8. The number of carboxylic acid groups (broad SMARTS) is 2. The Kier molecular flexibility index (Phi) is 8.58. The van der Waals surface area contributed by atoms with E-state index in [4.69, 9.17) is 0 Å². The molecule has 4 nitrogen and oxygen atoms in total. The molecule has 0 saturated heterocycles. The number of aliphatic carboxylic acids is 2. The Labute approximate surface area is 96.7 Å². The van der Waals surface area contributed by atoms with Crippen LogP contribution in [0.1, 0.15) is 58.3 Å². The minimum absolute atomic E-state index is 0.0423. The molecule has 1 atom stereocenters. The zero-order valence-corrected chi connectivity index (χ0v) is 9.87. The van der Waals surface area contributed by atoms with Crippen molar-refractivity contribution in [2.75, 3.05) is 0 Å². The number of hydrogen-bond acceptors (Lipinski definition) is 4. The number of carbonyl (C=O) groups is 2. The van der Waals surface area contributed by atoms with Gasteiger partial charge in [-0.15, -0.1) is 0 Å². The first-order valence-corrected chi connectivity index (χ1v) is 5.96. The van der Waals surface area contributed by atoms with Crippen molar-refractivity contribution in [3.05, 3.63) is 0 Å². The summed E-state index contributed by atoms with van der Waals surface area (Å²) in [5, 5.41) is 20.8. The molecule has 94 valence electrons. The van der Waals surface area contributed by atoms with Gasteiger partial charge in [0.1, 0.15) is 0 Å². The van der Waals surface area contributed by atoms with Gasteiger partial charge in [0.2, 0.25) is 0 Å². The molecule has 0 aromatic rings. The van der Waals surface area contributed by atoms with Gasteiger partial charge in [-0.25, -0.2) is 0 Å². The summed E-state index contributed by atoms with van der Waals surface area (Å²) in [5.41, 5.74) is 0.